The monoisotopic (exact) mass is 558 g/mol. The first kappa shape index (κ1) is 29.2. The van der Waals surface area contributed by atoms with Crippen LogP contribution in [0.1, 0.15) is 79.9 Å². The van der Waals surface area contributed by atoms with Crippen molar-refractivity contribution < 1.29 is 14.3 Å². The molecule has 0 N–H and O–H groups in total. The number of carbonyl (C=O) groups excluding carboxylic acids is 1. The Hall–Kier alpha value is -3.32. The number of piperazine rings is 1. The van der Waals surface area contributed by atoms with Gasteiger partial charge >= 0.3 is 0 Å². The third-order valence-corrected chi connectivity index (χ3v) is 9.24. The number of hydrogen-bond donors (Lipinski definition) is 0. The highest BCUT2D eigenvalue weighted by atomic mass is 16.5. The quantitative estimate of drug-likeness (QED) is 0.295. The van der Waals surface area contributed by atoms with E-state index in [9.17, 15) is 4.79 Å². The summed E-state index contributed by atoms with van der Waals surface area (Å²) in [6.45, 7) is 10.2. The lowest BCUT2D eigenvalue weighted by atomic mass is 9.91. The number of nitrogens with zero attached hydrogens (tertiary/aromatic N) is 4. The lowest BCUT2D eigenvalue weighted by Gasteiger charge is -2.36. The minimum Gasteiger partial charge on any atom is -0.493 e. The lowest BCUT2D eigenvalue weighted by Crippen LogP contribution is -2.46. The van der Waals surface area contributed by atoms with Gasteiger partial charge in [0.1, 0.15) is 0 Å². The van der Waals surface area contributed by atoms with Gasteiger partial charge in [-0.3, -0.25) is 9.79 Å². The largest absolute Gasteiger partial charge is 0.493 e. The molecule has 5 rings (SSSR count). The molecule has 0 aliphatic carbocycles. The van der Waals surface area contributed by atoms with Crippen LogP contribution in [0.5, 0.6) is 11.5 Å². The molecule has 1 unspecified atom stereocenters. The third-order valence-electron chi connectivity index (χ3n) is 9.24. The second-order valence-corrected chi connectivity index (χ2v) is 11.5. The van der Waals surface area contributed by atoms with Crippen LogP contribution in [0.3, 0.4) is 0 Å². The van der Waals surface area contributed by atoms with Crippen LogP contribution in [0.2, 0.25) is 0 Å². The van der Waals surface area contributed by atoms with Crippen LogP contribution in [0.4, 0.5) is 5.69 Å². The van der Waals surface area contributed by atoms with Crippen LogP contribution >= 0.6 is 0 Å². The zero-order chi connectivity index (χ0) is 28.8. The summed E-state index contributed by atoms with van der Waals surface area (Å²) in [5.41, 5.74) is 5.58. The standard InChI is InChI=1S/C34H46N4O3/c1-5-36-19-21-37(22-20-36)31-15-10-13-28-29(31)24-38(34(28)39)30(27-16-17-32(40-3)33(23-27)41-4)14-7-6-11-26-12-8-9-18-35-25(26)2/h9-10,13,15-18,23,26,30H,5-8,11-12,14,19-22,24H2,1-4H3/t26?,30-/m1/s1. The van der Waals surface area contributed by atoms with Gasteiger partial charge in [0.05, 0.1) is 20.3 Å². The Morgan fingerprint density at radius 3 is 2.59 bits per heavy atom. The van der Waals surface area contributed by atoms with Crippen LogP contribution in [0, 0.1) is 5.92 Å². The smallest absolute Gasteiger partial charge is 0.255 e. The molecule has 3 aliphatic rings. The summed E-state index contributed by atoms with van der Waals surface area (Å²) in [6, 6.07) is 12.3. The zero-order valence-electron chi connectivity index (χ0n) is 25.3. The minimum absolute atomic E-state index is 0.0370. The Morgan fingerprint density at radius 2 is 1.83 bits per heavy atom. The SMILES string of the molecule is CCN1CCN(c2cccc3c2CN([C@H](CCCCC2CCC=CN=C2C)c2ccc(OC)c(OC)c2)C3=O)CC1. The predicted octanol–water partition coefficient (Wildman–Crippen LogP) is 6.49. The molecule has 1 fully saturated rings. The molecule has 1 saturated heterocycles. The number of fused-ring (bicyclic) bond motifs is 1. The molecule has 220 valence electrons. The average molecular weight is 559 g/mol. The zero-order valence-corrected chi connectivity index (χ0v) is 25.3. The van der Waals surface area contributed by atoms with E-state index in [1.54, 1.807) is 14.2 Å². The molecular formula is C34H46N4O3. The molecule has 1 amide bonds. The number of methoxy groups -OCH3 is 2. The number of anilines is 1. The Kier molecular flexibility index (Phi) is 9.65. The Bertz CT molecular complexity index is 1260. The fraction of sp³-hybridized carbons (Fsp3) is 0.529. The molecule has 0 radical (unpaired) electrons. The van der Waals surface area contributed by atoms with E-state index in [2.05, 4.69) is 63.9 Å². The van der Waals surface area contributed by atoms with Crippen LogP contribution in [-0.4, -0.2) is 68.4 Å². The van der Waals surface area contributed by atoms with Gasteiger partial charge in [-0.05, 0) is 74.9 Å². The summed E-state index contributed by atoms with van der Waals surface area (Å²) >= 11 is 0. The van der Waals surface area contributed by atoms with Gasteiger partial charge in [0.2, 0.25) is 0 Å². The maximum Gasteiger partial charge on any atom is 0.255 e. The van der Waals surface area contributed by atoms with Crippen LogP contribution < -0.4 is 14.4 Å². The van der Waals surface area contributed by atoms with Gasteiger partial charge < -0.3 is 24.2 Å². The summed E-state index contributed by atoms with van der Waals surface area (Å²) in [5.74, 6) is 2.08. The van der Waals surface area contributed by atoms with Gasteiger partial charge in [-0.15, -0.1) is 0 Å². The second kappa shape index (κ2) is 13.6. The molecule has 0 spiro atoms. The first-order valence-electron chi connectivity index (χ1n) is 15.3. The Labute approximate surface area is 245 Å². The first-order valence-corrected chi connectivity index (χ1v) is 15.3. The summed E-state index contributed by atoms with van der Waals surface area (Å²) in [5, 5.41) is 0. The van der Waals surface area contributed by atoms with E-state index in [0.29, 0.717) is 24.0 Å². The lowest BCUT2D eigenvalue weighted by molar-refractivity contribution is 0.0688. The fourth-order valence-corrected chi connectivity index (χ4v) is 6.69. The van der Waals surface area contributed by atoms with Crippen molar-refractivity contribution in [2.24, 2.45) is 10.9 Å². The normalized spacial score (nSPS) is 20.0. The predicted molar refractivity (Wildman–Crippen MR) is 166 cm³/mol. The summed E-state index contributed by atoms with van der Waals surface area (Å²) < 4.78 is 11.2. The van der Waals surface area contributed by atoms with E-state index in [4.69, 9.17) is 9.47 Å². The highest BCUT2D eigenvalue weighted by molar-refractivity contribution is 6.00. The van der Waals surface area contributed by atoms with Crippen LogP contribution in [0.15, 0.2) is 53.7 Å². The van der Waals surface area contributed by atoms with E-state index in [-0.39, 0.29) is 11.9 Å². The number of unbranched alkanes of at least 4 members (excludes halogenated alkanes) is 1. The molecule has 41 heavy (non-hydrogen) atoms. The number of ether oxygens (including phenoxy) is 2. The first-order chi connectivity index (χ1) is 20.0. The van der Waals surface area contributed by atoms with Gasteiger partial charge in [0, 0.05) is 61.4 Å². The number of benzene rings is 2. The summed E-state index contributed by atoms with van der Waals surface area (Å²) in [7, 11) is 3.33. The number of carbonyl (C=O) groups is 1. The molecule has 7 heteroatoms. The highest BCUT2D eigenvalue weighted by Crippen LogP contribution is 2.41. The van der Waals surface area contributed by atoms with Crippen molar-refractivity contribution in [3.63, 3.8) is 0 Å². The maximum atomic E-state index is 14.0. The van der Waals surface area contributed by atoms with Crippen LogP contribution in [-0.2, 0) is 6.54 Å². The third kappa shape index (κ3) is 6.45. The van der Waals surface area contributed by atoms with Crippen molar-refractivity contribution in [2.75, 3.05) is 51.8 Å². The molecule has 0 bridgehead atoms. The van der Waals surface area contributed by atoms with E-state index in [0.717, 1.165) is 76.0 Å². The molecule has 2 aromatic rings. The molecular weight excluding hydrogens is 512 g/mol. The average Bonchev–Trinajstić information content (AvgIpc) is 3.20. The maximum absolute atomic E-state index is 14.0. The summed E-state index contributed by atoms with van der Waals surface area (Å²) in [6.07, 6.45) is 10.6. The van der Waals surface area contributed by atoms with Crippen molar-refractivity contribution in [1.82, 2.24) is 9.80 Å². The molecule has 7 nitrogen and oxygen atoms in total. The number of amides is 1. The summed E-state index contributed by atoms with van der Waals surface area (Å²) in [4.78, 5) is 25.7. The Morgan fingerprint density at radius 1 is 1.02 bits per heavy atom. The van der Waals surface area contributed by atoms with Gasteiger partial charge in [0.15, 0.2) is 11.5 Å². The topological polar surface area (TPSA) is 57.6 Å². The van der Waals surface area contributed by atoms with Gasteiger partial charge in [-0.25, -0.2) is 0 Å². The molecule has 3 heterocycles. The van der Waals surface area contributed by atoms with Crippen molar-refractivity contribution in [1.29, 1.82) is 0 Å². The van der Waals surface area contributed by atoms with Crippen molar-refractivity contribution in [3.8, 4) is 11.5 Å². The van der Waals surface area contributed by atoms with Crippen molar-refractivity contribution in [3.05, 3.63) is 65.4 Å². The number of aliphatic imine (C=N–C) groups is 1. The number of likely N-dealkylation sites (N-methyl/N-ethyl adjacent to an activating group) is 1. The van der Waals surface area contributed by atoms with Crippen molar-refractivity contribution in [2.45, 2.75) is 65.0 Å². The minimum atomic E-state index is -0.0370. The molecule has 2 aromatic carbocycles. The highest BCUT2D eigenvalue weighted by Gasteiger charge is 2.36. The molecule has 0 aromatic heterocycles. The Balaban J connectivity index is 1.36. The number of allylic oxidation sites excluding steroid dienone is 1. The number of hydrogen-bond acceptors (Lipinski definition) is 6. The fourth-order valence-electron chi connectivity index (χ4n) is 6.69. The molecule has 3 aliphatic heterocycles. The van der Waals surface area contributed by atoms with Gasteiger partial charge in [-0.2, -0.15) is 0 Å². The van der Waals surface area contributed by atoms with E-state index >= 15 is 0 Å². The number of rotatable bonds is 11. The van der Waals surface area contributed by atoms with Crippen molar-refractivity contribution >= 4 is 17.3 Å². The van der Waals surface area contributed by atoms with Gasteiger partial charge in [0.25, 0.3) is 5.91 Å². The second-order valence-electron chi connectivity index (χ2n) is 11.5. The molecule has 0 saturated carbocycles. The van der Waals surface area contributed by atoms with Crippen LogP contribution in [0.25, 0.3) is 0 Å². The van der Waals surface area contributed by atoms with E-state index in [1.807, 2.05) is 18.3 Å². The van der Waals surface area contributed by atoms with Gasteiger partial charge in [-0.1, -0.05) is 38.0 Å². The molecule has 2 atom stereocenters. The van der Waals surface area contributed by atoms with E-state index < -0.39 is 0 Å². The van der Waals surface area contributed by atoms with E-state index in [1.165, 1.54) is 23.4 Å².